The zero-order valence-electron chi connectivity index (χ0n) is 19.4. The van der Waals surface area contributed by atoms with Crippen LogP contribution in [0.3, 0.4) is 0 Å². The molecule has 3 saturated heterocycles. The average Bonchev–Trinajstić information content (AvgIpc) is 3.37. The Morgan fingerprint density at radius 1 is 1.25 bits per heavy atom. The molecular formula is C24H38N2O6. The van der Waals surface area contributed by atoms with Crippen molar-refractivity contribution in [1.29, 1.82) is 0 Å². The SMILES string of the molecule is C=CCN(CCCC)C(=O)C1N(CCCCCO)C(=O)[C@@H]2[C@@H](C(=O)O)[C@@]3(CC)CCC12O3. The molecule has 8 heteroatoms. The summed E-state index contributed by atoms with van der Waals surface area (Å²) in [4.78, 5) is 43.2. The Bertz CT molecular complexity index is 742. The van der Waals surface area contributed by atoms with Gasteiger partial charge >= 0.3 is 5.97 Å². The summed E-state index contributed by atoms with van der Waals surface area (Å²) in [7, 11) is 0. The molecule has 0 aliphatic carbocycles. The lowest BCUT2D eigenvalue weighted by Crippen LogP contribution is -2.56. The van der Waals surface area contributed by atoms with E-state index in [-0.39, 0.29) is 18.4 Å². The molecule has 3 heterocycles. The number of aliphatic hydroxyl groups is 1. The number of carboxylic acid groups (broad SMARTS) is 1. The van der Waals surface area contributed by atoms with Gasteiger partial charge in [-0.3, -0.25) is 14.4 Å². The summed E-state index contributed by atoms with van der Waals surface area (Å²) in [6.07, 6.45) is 7.01. The first-order valence-corrected chi connectivity index (χ1v) is 12.1. The van der Waals surface area contributed by atoms with Crippen molar-refractivity contribution in [2.45, 2.75) is 82.5 Å². The van der Waals surface area contributed by atoms with Crippen LogP contribution in [0, 0.1) is 11.8 Å². The fourth-order valence-corrected chi connectivity index (χ4v) is 6.15. The molecule has 3 rings (SSSR count). The van der Waals surface area contributed by atoms with Gasteiger partial charge in [0, 0.05) is 26.2 Å². The summed E-state index contributed by atoms with van der Waals surface area (Å²) in [5.74, 6) is -3.24. The van der Waals surface area contributed by atoms with Gasteiger partial charge in [-0.25, -0.2) is 0 Å². The van der Waals surface area contributed by atoms with Crippen LogP contribution in [-0.4, -0.2) is 81.3 Å². The molecule has 3 aliphatic heterocycles. The van der Waals surface area contributed by atoms with Crippen molar-refractivity contribution in [2.24, 2.45) is 11.8 Å². The molecule has 0 saturated carbocycles. The van der Waals surface area contributed by atoms with Crippen molar-refractivity contribution < 1.29 is 29.3 Å². The van der Waals surface area contributed by atoms with Crippen LogP contribution in [0.4, 0.5) is 0 Å². The molecule has 1 spiro atoms. The Labute approximate surface area is 190 Å². The highest BCUT2D eigenvalue weighted by Crippen LogP contribution is 2.64. The molecule has 2 amide bonds. The first-order valence-electron chi connectivity index (χ1n) is 12.1. The van der Waals surface area contributed by atoms with Gasteiger partial charge in [0.25, 0.3) is 0 Å². The number of amides is 2. The third-order valence-electron chi connectivity index (χ3n) is 7.68. The summed E-state index contributed by atoms with van der Waals surface area (Å²) in [5, 5.41) is 19.2. The number of carboxylic acids is 1. The number of hydrogen-bond donors (Lipinski definition) is 2. The zero-order chi connectivity index (χ0) is 23.5. The number of carbonyl (C=O) groups is 3. The van der Waals surface area contributed by atoms with Crippen molar-refractivity contribution in [3.63, 3.8) is 0 Å². The highest BCUT2D eigenvalue weighted by atomic mass is 16.5. The number of fused-ring (bicyclic) bond motifs is 1. The van der Waals surface area contributed by atoms with Gasteiger partial charge in [0.2, 0.25) is 11.8 Å². The summed E-state index contributed by atoms with van der Waals surface area (Å²) < 4.78 is 6.53. The van der Waals surface area contributed by atoms with E-state index < -0.39 is 35.0 Å². The molecule has 5 atom stereocenters. The second-order valence-corrected chi connectivity index (χ2v) is 9.41. The quantitative estimate of drug-likeness (QED) is 0.329. The number of nitrogens with zero attached hydrogens (tertiary/aromatic N) is 2. The Balaban J connectivity index is 2.00. The van der Waals surface area contributed by atoms with Crippen molar-refractivity contribution in [1.82, 2.24) is 9.80 Å². The third kappa shape index (κ3) is 3.85. The highest BCUT2D eigenvalue weighted by molar-refractivity contribution is 5.98. The van der Waals surface area contributed by atoms with Crippen molar-refractivity contribution >= 4 is 17.8 Å². The number of aliphatic hydroxyl groups excluding tert-OH is 1. The van der Waals surface area contributed by atoms with E-state index in [0.29, 0.717) is 51.7 Å². The molecule has 0 aromatic carbocycles. The Morgan fingerprint density at radius 2 is 2.00 bits per heavy atom. The standard InChI is InChI=1S/C24H38N2O6/c1-4-7-14-25(13-5-2)21(29)19-24-12-11-23(6-3,32-24)18(22(30)31)17(24)20(28)26(19)15-9-8-10-16-27/h5,17-19,27H,2,4,6-16H2,1,3H3,(H,30,31)/t17-,18-,19?,23+,24?/m0/s1. The molecule has 2 unspecified atom stereocenters. The normalized spacial score (nSPS) is 32.9. The van der Waals surface area contributed by atoms with E-state index in [2.05, 4.69) is 13.5 Å². The maximum Gasteiger partial charge on any atom is 0.310 e. The van der Waals surface area contributed by atoms with Crippen LogP contribution in [0.1, 0.15) is 65.2 Å². The van der Waals surface area contributed by atoms with Crippen molar-refractivity contribution in [3.8, 4) is 0 Å². The number of likely N-dealkylation sites (tertiary alicyclic amines) is 1. The molecule has 0 aromatic heterocycles. The van der Waals surface area contributed by atoms with Gasteiger partial charge in [0.15, 0.2) is 0 Å². The van der Waals surface area contributed by atoms with Crippen LogP contribution in [0.2, 0.25) is 0 Å². The number of aliphatic carboxylic acids is 1. The number of hydrogen-bond acceptors (Lipinski definition) is 5. The van der Waals surface area contributed by atoms with Gasteiger partial charge in [-0.1, -0.05) is 26.3 Å². The van der Waals surface area contributed by atoms with E-state index >= 15 is 0 Å². The monoisotopic (exact) mass is 450 g/mol. The molecule has 3 aliphatic rings. The van der Waals surface area contributed by atoms with Crippen molar-refractivity contribution in [2.75, 3.05) is 26.2 Å². The predicted octanol–water partition coefficient (Wildman–Crippen LogP) is 2.20. The van der Waals surface area contributed by atoms with Gasteiger partial charge in [0.05, 0.1) is 11.5 Å². The fourth-order valence-electron chi connectivity index (χ4n) is 6.15. The van der Waals surface area contributed by atoms with E-state index in [1.165, 1.54) is 0 Å². The van der Waals surface area contributed by atoms with Crippen LogP contribution in [0.15, 0.2) is 12.7 Å². The van der Waals surface area contributed by atoms with E-state index in [0.717, 1.165) is 19.3 Å². The summed E-state index contributed by atoms with van der Waals surface area (Å²) >= 11 is 0. The van der Waals surface area contributed by atoms with E-state index in [1.54, 1.807) is 15.9 Å². The van der Waals surface area contributed by atoms with Crippen LogP contribution in [0.5, 0.6) is 0 Å². The van der Waals surface area contributed by atoms with Crippen LogP contribution >= 0.6 is 0 Å². The third-order valence-corrected chi connectivity index (χ3v) is 7.68. The smallest absolute Gasteiger partial charge is 0.310 e. The summed E-state index contributed by atoms with van der Waals surface area (Å²) in [6, 6.07) is -0.816. The fraction of sp³-hybridized carbons (Fsp3) is 0.792. The minimum absolute atomic E-state index is 0.0796. The minimum Gasteiger partial charge on any atom is -0.481 e. The van der Waals surface area contributed by atoms with Crippen LogP contribution in [-0.2, 0) is 19.1 Å². The number of ether oxygens (including phenoxy) is 1. The average molecular weight is 451 g/mol. The first kappa shape index (κ1) is 24.7. The molecule has 8 nitrogen and oxygen atoms in total. The second-order valence-electron chi connectivity index (χ2n) is 9.41. The lowest BCUT2D eigenvalue weighted by atomic mass is 9.65. The molecule has 0 aromatic rings. The van der Waals surface area contributed by atoms with E-state index in [4.69, 9.17) is 9.84 Å². The van der Waals surface area contributed by atoms with Crippen LogP contribution in [0.25, 0.3) is 0 Å². The lowest BCUT2D eigenvalue weighted by Gasteiger charge is -2.37. The predicted molar refractivity (Wildman–Crippen MR) is 119 cm³/mol. The first-order chi connectivity index (χ1) is 15.3. The van der Waals surface area contributed by atoms with Gasteiger partial charge < -0.3 is 24.7 Å². The Morgan fingerprint density at radius 3 is 2.59 bits per heavy atom. The molecule has 180 valence electrons. The molecule has 2 N–H and O–H groups in total. The lowest BCUT2D eigenvalue weighted by molar-refractivity contribution is -0.157. The number of unbranched alkanes of at least 4 members (excludes halogenated alkanes) is 3. The molecule has 2 bridgehead atoms. The number of carbonyl (C=O) groups excluding carboxylic acids is 2. The molecule has 32 heavy (non-hydrogen) atoms. The van der Waals surface area contributed by atoms with Gasteiger partial charge in [-0.05, 0) is 44.9 Å². The van der Waals surface area contributed by atoms with Gasteiger partial charge in [0.1, 0.15) is 17.6 Å². The molecular weight excluding hydrogens is 412 g/mol. The highest BCUT2D eigenvalue weighted by Gasteiger charge is 2.78. The maximum absolute atomic E-state index is 13.9. The molecule has 0 radical (unpaired) electrons. The zero-order valence-corrected chi connectivity index (χ0v) is 19.4. The van der Waals surface area contributed by atoms with E-state index in [1.807, 2.05) is 6.92 Å². The topological polar surface area (TPSA) is 107 Å². The van der Waals surface area contributed by atoms with E-state index in [9.17, 15) is 19.5 Å². The van der Waals surface area contributed by atoms with Crippen molar-refractivity contribution in [3.05, 3.63) is 12.7 Å². The minimum atomic E-state index is -1.09. The summed E-state index contributed by atoms with van der Waals surface area (Å²) in [5.41, 5.74) is -1.98. The Kier molecular flexibility index (Phi) is 7.65. The largest absolute Gasteiger partial charge is 0.481 e. The second kappa shape index (κ2) is 9.91. The van der Waals surface area contributed by atoms with Gasteiger partial charge in [-0.2, -0.15) is 0 Å². The number of rotatable bonds is 13. The maximum atomic E-state index is 13.9. The molecule has 3 fully saturated rings. The van der Waals surface area contributed by atoms with Gasteiger partial charge in [-0.15, -0.1) is 6.58 Å². The van der Waals surface area contributed by atoms with Crippen LogP contribution < -0.4 is 0 Å². The Hall–Kier alpha value is -1.93. The summed E-state index contributed by atoms with van der Waals surface area (Å²) in [6.45, 7) is 9.12.